The quantitative estimate of drug-likeness (QED) is 0.643. The lowest BCUT2D eigenvalue weighted by molar-refractivity contribution is -0.384. The first-order valence-corrected chi connectivity index (χ1v) is 7.10. The number of anilines is 1. The van der Waals surface area contributed by atoms with Crippen molar-refractivity contribution in [3.63, 3.8) is 0 Å². The maximum absolute atomic E-state index is 11.0. The molecule has 0 aromatic heterocycles. The van der Waals surface area contributed by atoms with Crippen molar-refractivity contribution in [2.24, 2.45) is 0 Å². The molecule has 0 aliphatic heterocycles. The van der Waals surface area contributed by atoms with Gasteiger partial charge in [-0.15, -0.1) is 0 Å². The maximum Gasteiger partial charge on any atom is 0.293 e. The van der Waals surface area contributed by atoms with E-state index in [9.17, 15) is 10.1 Å². The normalized spacial score (nSPS) is 11.9. The van der Waals surface area contributed by atoms with E-state index in [0.29, 0.717) is 16.7 Å². The minimum absolute atomic E-state index is 0.0830. The lowest BCUT2D eigenvalue weighted by atomic mass is 10.0. The average Bonchev–Trinajstić information content (AvgIpc) is 2.46. The summed E-state index contributed by atoms with van der Waals surface area (Å²) in [4.78, 5) is 10.7. The monoisotopic (exact) mass is 334 g/mol. The Labute approximate surface area is 126 Å². The van der Waals surface area contributed by atoms with Crippen molar-refractivity contribution in [3.8, 4) is 0 Å². The van der Waals surface area contributed by atoms with Crippen LogP contribution in [0.25, 0.3) is 0 Å². The van der Waals surface area contributed by atoms with E-state index in [1.807, 2.05) is 18.2 Å². The lowest BCUT2D eigenvalue weighted by Crippen LogP contribution is -2.11. The molecule has 0 heterocycles. The van der Waals surface area contributed by atoms with Gasteiger partial charge in [0, 0.05) is 17.1 Å². The number of nitrogens with zero attached hydrogens (tertiary/aromatic N) is 1. The summed E-state index contributed by atoms with van der Waals surface area (Å²) in [5.41, 5.74) is 1.83. The Bertz CT molecular complexity index is 602. The van der Waals surface area contributed by atoms with Gasteiger partial charge in [0.1, 0.15) is 5.69 Å². The summed E-state index contributed by atoms with van der Waals surface area (Å²) in [5.74, 6) is 0.277. The Morgan fingerprint density at radius 1 is 1.25 bits per heavy atom. The fraction of sp³-hybridized carbons (Fsp3) is 0.200. The van der Waals surface area contributed by atoms with Crippen LogP contribution in [0.3, 0.4) is 0 Å². The molecule has 0 saturated carbocycles. The van der Waals surface area contributed by atoms with Gasteiger partial charge in [-0.05, 0) is 23.6 Å². The second kappa shape index (κ2) is 6.52. The Morgan fingerprint density at radius 2 is 1.95 bits per heavy atom. The van der Waals surface area contributed by atoms with Crippen molar-refractivity contribution in [2.45, 2.75) is 12.8 Å². The van der Waals surface area contributed by atoms with Gasteiger partial charge in [-0.1, -0.05) is 53.2 Å². The highest BCUT2D eigenvalue weighted by Crippen LogP contribution is 2.28. The van der Waals surface area contributed by atoms with Crippen LogP contribution in [0.1, 0.15) is 18.4 Å². The highest BCUT2D eigenvalue weighted by atomic mass is 79.9. The van der Waals surface area contributed by atoms with Crippen LogP contribution in [-0.2, 0) is 0 Å². The van der Waals surface area contributed by atoms with E-state index in [-0.39, 0.29) is 16.5 Å². The number of hydrogen-bond acceptors (Lipinski definition) is 3. The summed E-state index contributed by atoms with van der Waals surface area (Å²) in [6.45, 7) is 2.74. The molecule has 0 bridgehead atoms. The van der Waals surface area contributed by atoms with Crippen molar-refractivity contribution in [1.82, 2.24) is 0 Å². The molecule has 2 rings (SSSR count). The number of hydrogen-bond donors (Lipinski definition) is 1. The Kier molecular flexibility index (Phi) is 4.74. The predicted octanol–water partition coefficient (Wildman–Crippen LogP) is 4.57. The molecule has 1 atom stereocenters. The van der Waals surface area contributed by atoms with E-state index >= 15 is 0 Å². The van der Waals surface area contributed by atoms with Gasteiger partial charge >= 0.3 is 0 Å². The van der Waals surface area contributed by atoms with Crippen LogP contribution in [0.4, 0.5) is 11.4 Å². The molecule has 20 heavy (non-hydrogen) atoms. The first-order valence-electron chi connectivity index (χ1n) is 6.30. The standard InChI is InChI=1S/C15H15BrN2O2/c1-11(12-5-3-2-4-6-12)10-17-14-8-7-13(16)9-15(14)18(19)20/h2-9,11,17H,10H2,1H3. The second-order valence-corrected chi connectivity index (χ2v) is 5.53. The average molecular weight is 335 g/mol. The fourth-order valence-electron chi connectivity index (χ4n) is 1.97. The highest BCUT2D eigenvalue weighted by Gasteiger charge is 2.14. The summed E-state index contributed by atoms with van der Waals surface area (Å²) < 4.78 is 0.700. The smallest absolute Gasteiger partial charge is 0.293 e. The molecular formula is C15H15BrN2O2. The summed E-state index contributed by atoms with van der Waals surface area (Å²) in [5, 5.41) is 14.2. The molecule has 0 fully saturated rings. The summed E-state index contributed by atoms with van der Waals surface area (Å²) in [6.07, 6.45) is 0. The topological polar surface area (TPSA) is 55.2 Å². The maximum atomic E-state index is 11.0. The zero-order valence-corrected chi connectivity index (χ0v) is 12.6. The summed E-state index contributed by atoms with van der Waals surface area (Å²) >= 11 is 3.25. The van der Waals surface area contributed by atoms with E-state index in [1.165, 1.54) is 11.6 Å². The van der Waals surface area contributed by atoms with Crippen LogP contribution in [0.2, 0.25) is 0 Å². The number of nitro benzene ring substituents is 1. The van der Waals surface area contributed by atoms with Crippen molar-refractivity contribution in [3.05, 3.63) is 68.7 Å². The van der Waals surface area contributed by atoms with E-state index in [1.54, 1.807) is 12.1 Å². The molecule has 4 nitrogen and oxygen atoms in total. The molecule has 0 aliphatic rings. The number of nitrogens with one attached hydrogen (secondary N) is 1. The number of benzene rings is 2. The van der Waals surface area contributed by atoms with E-state index in [2.05, 4.69) is 40.3 Å². The van der Waals surface area contributed by atoms with Gasteiger partial charge in [-0.2, -0.15) is 0 Å². The number of rotatable bonds is 5. The first-order chi connectivity index (χ1) is 9.58. The summed E-state index contributed by atoms with van der Waals surface area (Å²) in [7, 11) is 0. The number of nitro groups is 1. The second-order valence-electron chi connectivity index (χ2n) is 4.61. The molecule has 0 amide bonds. The van der Waals surface area contributed by atoms with E-state index < -0.39 is 0 Å². The third kappa shape index (κ3) is 3.57. The van der Waals surface area contributed by atoms with Crippen LogP contribution in [0.15, 0.2) is 53.0 Å². The molecule has 1 N–H and O–H groups in total. The minimum atomic E-state index is -0.375. The minimum Gasteiger partial charge on any atom is -0.379 e. The Balaban J connectivity index is 2.09. The van der Waals surface area contributed by atoms with Crippen LogP contribution < -0.4 is 5.32 Å². The van der Waals surface area contributed by atoms with Crippen LogP contribution in [0.5, 0.6) is 0 Å². The molecule has 5 heteroatoms. The molecule has 0 spiro atoms. The molecule has 2 aromatic rings. The lowest BCUT2D eigenvalue weighted by Gasteiger charge is -2.14. The van der Waals surface area contributed by atoms with Crippen molar-refractivity contribution >= 4 is 27.3 Å². The van der Waals surface area contributed by atoms with Gasteiger partial charge in [0.05, 0.1) is 4.92 Å². The molecule has 0 saturated heterocycles. The van der Waals surface area contributed by atoms with Crippen LogP contribution in [0, 0.1) is 10.1 Å². The third-order valence-electron chi connectivity index (χ3n) is 3.12. The van der Waals surface area contributed by atoms with Crippen molar-refractivity contribution in [1.29, 1.82) is 0 Å². The van der Waals surface area contributed by atoms with Crippen LogP contribution >= 0.6 is 15.9 Å². The summed E-state index contributed by atoms with van der Waals surface area (Å²) in [6, 6.07) is 15.1. The molecule has 1 unspecified atom stereocenters. The van der Waals surface area contributed by atoms with Gasteiger partial charge in [0.2, 0.25) is 0 Å². The number of halogens is 1. The fourth-order valence-corrected chi connectivity index (χ4v) is 2.32. The van der Waals surface area contributed by atoms with Gasteiger partial charge in [0.15, 0.2) is 0 Å². The molecule has 104 valence electrons. The molecule has 0 radical (unpaired) electrons. The predicted molar refractivity (Wildman–Crippen MR) is 84.1 cm³/mol. The first kappa shape index (κ1) is 14.5. The molecule has 0 aliphatic carbocycles. The zero-order valence-electron chi connectivity index (χ0n) is 11.0. The van der Waals surface area contributed by atoms with Crippen LogP contribution in [-0.4, -0.2) is 11.5 Å². The van der Waals surface area contributed by atoms with Gasteiger partial charge < -0.3 is 5.32 Å². The van der Waals surface area contributed by atoms with Crippen molar-refractivity contribution in [2.75, 3.05) is 11.9 Å². The third-order valence-corrected chi connectivity index (χ3v) is 3.62. The molecular weight excluding hydrogens is 320 g/mol. The Morgan fingerprint density at radius 3 is 2.60 bits per heavy atom. The van der Waals surface area contributed by atoms with Gasteiger partial charge in [-0.25, -0.2) is 0 Å². The molecule has 2 aromatic carbocycles. The SMILES string of the molecule is CC(CNc1ccc(Br)cc1[N+](=O)[O-])c1ccccc1. The largest absolute Gasteiger partial charge is 0.379 e. The van der Waals surface area contributed by atoms with Crippen molar-refractivity contribution < 1.29 is 4.92 Å². The zero-order chi connectivity index (χ0) is 14.5. The van der Waals surface area contributed by atoms with E-state index in [0.717, 1.165) is 0 Å². The Hall–Kier alpha value is -1.88. The van der Waals surface area contributed by atoms with Gasteiger partial charge in [-0.3, -0.25) is 10.1 Å². The highest BCUT2D eigenvalue weighted by molar-refractivity contribution is 9.10. The van der Waals surface area contributed by atoms with E-state index in [4.69, 9.17) is 0 Å². The van der Waals surface area contributed by atoms with Gasteiger partial charge in [0.25, 0.3) is 5.69 Å².